The molecule has 3 heterocycles. The molecule has 0 saturated carbocycles. The van der Waals surface area contributed by atoms with Crippen LogP contribution >= 0.6 is 0 Å². The van der Waals surface area contributed by atoms with Crippen LogP contribution in [0.1, 0.15) is 24.3 Å². The molecule has 1 aromatic carbocycles. The number of anilines is 2. The maximum atomic E-state index is 12.6. The van der Waals surface area contributed by atoms with Gasteiger partial charge in [-0.2, -0.15) is 5.10 Å². The van der Waals surface area contributed by atoms with Gasteiger partial charge in [0.2, 0.25) is 0 Å². The Balaban J connectivity index is 1.48. The Bertz CT molecular complexity index is 1050. The van der Waals surface area contributed by atoms with Gasteiger partial charge in [0.05, 0.1) is 19.0 Å². The van der Waals surface area contributed by atoms with E-state index in [2.05, 4.69) is 47.4 Å². The van der Waals surface area contributed by atoms with Crippen molar-refractivity contribution in [3.05, 3.63) is 53.6 Å². The molecule has 0 amide bonds. The van der Waals surface area contributed by atoms with E-state index < -0.39 is 0 Å². The van der Waals surface area contributed by atoms with Gasteiger partial charge in [-0.05, 0) is 49.5 Å². The summed E-state index contributed by atoms with van der Waals surface area (Å²) in [5, 5.41) is 10.4. The van der Waals surface area contributed by atoms with Crippen molar-refractivity contribution in [2.45, 2.75) is 18.8 Å². The first-order valence-corrected chi connectivity index (χ1v) is 10.2. The number of piperidine rings is 1. The molecule has 1 aliphatic heterocycles. The number of halogens is 1. The lowest BCUT2D eigenvalue weighted by Gasteiger charge is -2.31. The van der Waals surface area contributed by atoms with E-state index in [1.165, 1.54) is 18.0 Å². The van der Waals surface area contributed by atoms with E-state index >= 15 is 0 Å². The number of nitrogens with one attached hydrogen (secondary N) is 2. The van der Waals surface area contributed by atoms with Crippen molar-refractivity contribution in [2.75, 3.05) is 38.7 Å². The average molecular weight is 421 g/mol. The zero-order chi connectivity index (χ0) is 21.6. The highest BCUT2D eigenvalue weighted by Crippen LogP contribution is 2.36. The summed E-state index contributed by atoms with van der Waals surface area (Å²) in [6.07, 6.45) is 4.95. The van der Waals surface area contributed by atoms with Gasteiger partial charge in [-0.15, -0.1) is 4.98 Å². The van der Waals surface area contributed by atoms with E-state index in [-0.39, 0.29) is 12.5 Å². The Kier molecular flexibility index (Phi) is 6.38. The third kappa shape index (κ3) is 4.81. The van der Waals surface area contributed by atoms with Crippen molar-refractivity contribution >= 4 is 17.5 Å². The Morgan fingerprint density at radius 3 is 2.74 bits per heavy atom. The second kappa shape index (κ2) is 9.53. The van der Waals surface area contributed by atoms with E-state index in [1.807, 2.05) is 12.1 Å². The fraction of sp³-hybridized carbons (Fsp3) is 0.364. The van der Waals surface area contributed by atoms with Crippen LogP contribution in [0.25, 0.3) is 16.1 Å². The number of methoxy groups -OCH3 is 1. The van der Waals surface area contributed by atoms with E-state index in [0.29, 0.717) is 24.1 Å². The van der Waals surface area contributed by atoms with Crippen LogP contribution in [0.15, 0.2) is 36.7 Å². The van der Waals surface area contributed by atoms with Crippen molar-refractivity contribution < 1.29 is 9.13 Å². The second-order valence-electron chi connectivity index (χ2n) is 7.43. The predicted octanol–water partition coefficient (Wildman–Crippen LogP) is 4.32. The molecule has 8 nitrogen and oxygen atoms in total. The SMILES string of the molecule is [C-]#[N+]c1cnc(Nc2cc(-c3ccc(C4CCN(CCF)CC4)cc3OC)[nH]n2)cn1. The molecular formula is C22H24FN7O. The summed E-state index contributed by atoms with van der Waals surface area (Å²) < 4.78 is 18.2. The van der Waals surface area contributed by atoms with E-state index in [4.69, 9.17) is 11.3 Å². The number of likely N-dealkylation sites (tertiary alicyclic amines) is 1. The topological polar surface area (TPSA) is 83.3 Å². The number of hydrogen-bond acceptors (Lipinski definition) is 6. The van der Waals surface area contributed by atoms with E-state index in [9.17, 15) is 4.39 Å². The van der Waals surface area contributed by atoms with Crippen LogP contribution in [0.5, 0.6) is 5.75 Å². The van der Waals surface area contributed by atoms with Gasteiger partial charge in [-0.3, -0.25) is 5.10 Å². The summed E-state index contributed by atoms with van der Waals surface area (Å²) in [5.41, 5.74) is 2.97. The van der Waals surface area contributed by atoms with Crippen LogP contribution in [0.3, 0.4) is 0 Å². The van der Waals surface area contributed by atoms with E-state index in [0.717, 1.165) is 42.9 Å². The number of aromatic amines is 1. The minimum absolute atomic E-state index is 0.242. The first kappa shape index (κ1) is 20.8. The van der Waals surface area contributed by atoms with Crippen LogP contribution in [-0.2, 0) is 0 Å². The summed E-state index contributed by atoms with van der Waals surface area (Å²) in [7, 11) is 1.66. The number of nitrogens with zero attached hydrogens (tertiary/aromatic N) is 5. The van der Waals surface area contributed by atoms with Crippen molar-refractivity contribution in [1.82, 2.24) is 25.1 Å². The molecule has 0 radical (unpaired) electrons. The molecule has 0 unspecified atom stereocenters. The fourth-order valence-corrected chi connectivity index (χ4v) is 3.89. The minimum atomic E-state index is -0.285. The Labute approximate surface area is 180 Å². The Morgan fingerprint density at radius 1 is 1.23 bits per heavy atom. The molecule has 0 bridgehead atoms. The third-order valence-electron chi connectivity index (χ3n) is 5.56. The zero-order valence-corrected chi connectivity index (χ0v) is 17.3. The largest absolute Gasteiger partial charge is 0.496 e. The quantitative estimate of drug-likeness (QED) is 0.553. The summed E-state index contributed by atoms with van der Waals surface area (Å²) in [6, 6.07) is 8.14. The lowest BCUT2D eigenvalue weighted by molar-refractivity contribution is 0.197. The number of benzene rings is 1. The van der Waals surface area contributed by atoms with Crippen LogP contribution in [0, 0.1) is 6.57 Å². The van der Waals surface area contributed by atoms with Crippen molar-refractivity contribution in [2.24, 2.45) is 0 Å². The summed E-state index contributed by atoms with van der Waals surface area (Å²) in [6.45, 7) is 9.03. The van der Waals surface area contributed by atoms with Crippen molar-refractivity contribution in [1.29, 1.82) is 0 Å². The van der Waals surface area contributed by atoms with Gasteiger partial charge in [0.25, 0.3) is 5.82 Å². The minimum Gasteiger partial charge on any atom is -0.496 e. The molecule has 1 saturated heterocycles. The smallest absolute Gasteiger partial charge is 0.288 e. The third-order valence-corrected chi connectivity index (χ3v) is 5.56. The molecule has 2 N–H and O–H groups in total. The second-order valence-corrected chi connectivity index (χ2v) is 7.43. The molecule has 1 aliphatic rings. The predicted molar refractivity (Wildman–Crippen MR) is 117 cm³/mol. The van der Waals surface area contributed by atoms with Gasteiger partial charge in [-0.1, -0.05) is 12.6 Å². The van der Waals surface area contributed by atoms with Crippen molar-refractivity contribution in [3.63, 3.8) is 0 Å². The fourth-order valence-electron chi connectivity index (χ4n) is 3.89. The molecule has 0 aliphatic carbocycles. The van der Waals surface area contributed by atoms with Crippen LogP contribution in [0.2, 0.25) is 0 Å². The van der Waals surface area contributed by atoms with Crippen LogP contribution < -0.4 is 10.1 Å². The summed E-state index contributed by atoms with van der Waals surface area (Å²) in [5.74, 6) is 2.57. The highest BCUT2D eigenvalue weighted by atomic mass is 19.1. The molecule has 0 atom stereocenters. The number of aromatic nitrogens is 4. The summed E-state index contributed by atoms with van der Waals surface area (Å²) >= 11 is 0. The summed E-state index contributed by atoms with van der Waals surface area (Å²) in [4.78, 5) is 13.6. The number of alkyl halides is 1. The van der Waals surface area contributed by atoms with Gasteiger partial charge in [-0.25, -0.2) is 9.37 Å². The molecule has 9 heteroatoms. The number of H-pyrrole nitrogens is 1. The Morgan fingerprint density at radius 2 is 2.06 bits per heavy atom. The number of hydrogen-bond donors (Lipinski definition) is 2. The monoisotopic (exact) mass is 421 g/mol. The standard InChI is InChI=1S/C22H24FN7O/c1-24-21-13-26-22(14-25-21)27-20-12-18(28-29-20)17-4-3-16(11-19(17)31-2)15-5-8-30(9-6-15)10-7-23/h3-4,11-15H,5-10H2,2H3,(H2,26,27,28,29). The zero-order valence-electron chi connectivity index (χ0n) is 17.3. The van der Waals surface area contributed by atoms with Crippen molar-refractivity contribution in [3.8, 4) is 17.0 Å². The van der Waals surface area contributed by atoms with Gasteiger partial charge >= 0.3 is 0 Å². The molecule has 2 aromatic heterocycles. The highest BCUT2D eigenvalue weighted by Gasteiger charge is 2.22. The van der Waals surface area contributed by atoms with Gasteiger partial charge < -0.3 is 19.8 Å². The average Bonchev–Trinajstić information content (AvgIpc) is 3.28. The maximum Gasteiger partial charge on any atom is 0.288 e. The van der Waals surface area contributed by atoms with Gasteiger partial charge in [0, 0.05) is 18.2 Å². The molecule has 160 valence electrons. The lowest BCUT2D eigenvalue weighted by Crippen LogP contribution is -2.34. The highest BCUT2D eigenvalue weighted by molar-refractivity contribution is 5.71. The normalized spacial score (nSPS) is 14.9. The van der Waals surface area contributed by atoms with Gasteiger partial charge in [0.15, 0.2) is 17.8 Å². The van der Waals surface area contributed by atoms with E-state index in [1.54, 1.807) is 7.11 Å². The maximum absolute atomic E-state index is 12.6. The number of rotatable bonds is 7. The molecule has 31 heavy (non-hydrogen) atoms. The molecule has 4 rings (SSSR count). The first-order chi connectivity index (χ1) is 15.2. The molecule has 1 fully saturated rings. The van der Waals surface area contributed by atoms with Crippen LogP contribution in [0.4, 0.5) is 21.8 Å². The Hall–Kier alpha value is -3.51. The molecule has 3 aromatic rings. The molecule has 0 spiro atoms. The van der Waals surface area contributed by atoms with Gasteiger partial charge in [0.1, 0.15) is 12.4 Å². The first-order valence-electron chi connectivity index (χ1n) is 10.2. The lowest BCUT2D eigenvalue weighted by atomic mass is 9.88. The molecular weight excluding hydrogens is 397 g/mol. The number of ether oxygens (including phenoxy) is 1. The van der Waals surface area contributed by atoms with Crippen LogP contribution in [-0.4, -0.2) is 58.5 Å².